The molecule has 6 nitrogen and oxygen atoms in total. The van der Waals surface area contributed by atoms with Crippen LogP contribution in [0, 0.1) is 0 Å². The Morgan fingerprint density at radius 2 is 1.92 bits per heavy atom. The summed E-state index contributed by atoms with van der Waals surface area (Å²) in [4.78, 5) is 17.8. The number of benzene rings is 2. The van der Waals surface area contributed by atoms with Crippen molar-refractivity contribution in [3.8, 4) is 0 Å². The van der Waals surface area contributed by atoms with Crippen LogP contribution in [-0.4, -0.2) is 41.4 Å². The van der Waals surface area contributed by atoms with Gasteiger partial charge in [0.2, 0.25) is 0 Å². The largest absolute Gasteiger partial charge is 0.477 e. The number of carbonyl (C=O) groups is 1. The summed E-state index contributed by atoms with van der Waals surface area (Å²) in [5.74, 6) is -0.466. The number of aliphatic imine (C=N–C) groups is 1. The number of halogens is 1. The second-order valence-electron chi connectivity index (χ2n) is 5.65. The van der Waals surface area contributed by atoms with Crippen molar-refractivity contribution < 1.29 is 9.90 Å². The summed E-state index contributed by atoms with van der Waals surface area (Å²) in [5.41, 5.74) is 3.41. The first-order valence-electron chi connectivity index (χ1n) is 7.67. The summed E-state index contributed by atoms with van der Waals surface area (Å²) in [7, 11) is 0. The van der Waals surface area contributed by atoms with Gasteiger partial charge in [0.1, 0.15) is 0 Å². The summed E-state index contributed by atoms with van der Waals surface area (Å²) in [5, 5.41) is 17.7. The van der Waals surface area contributed by atoms with E-state index in [1.807, 2.05) is 47.4 Å². The van der Waals surface area contributed by atoms with Gasteiger partial charge in [0, 0.05) is 16.1 Å². The normalized spacial score (nSPS) is 16.0. The monoisotopic (exact) mass is 352 g/mol. The molecule has 0 saturated carbocycles. The van der Waals surface area contributed by atoms with Crippen molar-refractivity contribution in [1.29, 1.82) is 0 Å². The molecule has 2 heterocycles. The highest BCUT2D eigenvalue weighted by molar-refractivity contribution is 6.39. The Bertz CT molecular complexity index is 951. The summed E-state index contributed by atoms with van der Waals surface area (Å²) < 4.78 is 0. The molecule has 25 heavy (non-hydrogen) atoms. The van der Waals surface area contributed by atoms with Gasteiger partial charge in [-0.15, -0.1) is 10.2 Å². The van der Waals surface area contributed by atoms with Crippen molar-refractivity contribution in [3.05, 3.63) is 64.7 Å². The van der Waals surface area contributed by atoms with E-state index < -0.39 is 5.97 Å². The van der Waals surface area contributed by atoms with Gasteiger partial charge >= 0.3 is 5.97 Å². The fourth-order valence-electron chi connectivity index (χ4n) is 2.91. The van der Waals surface area contributed by atoms with Gasteiger partial charge in [0.05, 0.1) is 24.5 Å². The van der Waals surface area contributed by atoms with Gasteiger partial charge in [0.15, 0.2) is 11.5 Å². The molecule has 0 aromatic heterocycles. The van der Waals surface area contributed by atoms with E-state index in [0.717, 1.165) is 22.5 Å². The lowest BCUT2D eigenvalue weighted by molar-refractivity contribution is -0.129. The van der Waals surface area contributed by atoms with Crippen LogP contribution < -0.4 is 4.90 Å². The number of aliphatic carboxylic acids is 1. The summed E-state index contributed by atoms with van der Waals surface area (Å²) in [6, 6.07) is 15.3. The molecule has 0 amide bonds. The highest BCUT2D eigenvalue weighted by Crippen LogP contribution is 2.30. The first kappa shape index (κ1) is 15.5. The predicted molar refractivity (Wildman–Crippen MR) is 98.3 cm³/mol. The SMILES string of the molecule is O=C(O)C1=NN=C2CN=C(c3ccccc3)c3cc(Cl)ccc3N2C1. The van der Waals surface area contributed by atoms with Gasteiger partial charge < -0.3 is 10.0 Å². The van der Waals surface area contributed by atoms with Gasteiger partial charge in [-0.2, -0.15) is 0 Å². The smallest absolute Gasteiger partial charge is 0.354 e. The number of hydrogen-bond donors (Lipinski definition) is 1. The van der Waals surface area contributed by atoms with Crippen LogP contribution in [-0.2, 0) is 4.79 Å². The first-order valence-corrected chi connectivity index (χ1v) is 8.05. The van der Waals surface area contributed by atoms with Crippen LogP contribution in [0.4, 0.5) is 5.69 Å². The zero-order chi connectivity index (χ0) is 17.4. The molecule has 0 bridgehead atoms. The second-order valence-corrected chi connectivity index (χ2v) is 6.08. The molecule has 1 N–H and O–H groups in total. The zero-order valence-corrected chi connectivity index (χ0v) is 13.8. The number of hydrogen-bond acceptors (Lipinski definition) is 5. The lowest BCUT2D eigenvalue weighted by atomic mass is 10.00. The minimum absolute atomic E-state index is 0.00666. The van der Waals surface area contributed by atoms with Crippen molar-refractivity contribution in [1.82, 2.24) is 0 Å². The molecular formula is C18H13ClN4O2. The second kappa shape index (κ2) is 6.14. The fraction of sp³-hybridized carbons (Fsp3) is 0.111. The molecule has 2 aromatic carbocycles. The minimum atomic E-state index is -1.08. The molecule has 0 aliphatic carbocycles. The van der Waals surface area contributed by atoms with E-state index in [2.05, 4.69) is 10.2 Å². The van der Waals surface area contributed by atoms with Crippen LogP contribution in [0.25, 0.3) is 0 Å². The zero-order valence-electron chi connectivity index (χ0n) is 13.1. The lowest BCUT2D eigenvalue weighted by Crippen LogP contribution is -2.42. The molecule has 2 aliphatic heterocycles. The van der Waals surface area contributed by atoms with E-state index >= 15 is 0 Å². The van der Waals surface area contributed by atoms with Crippen LogP contribution in [0.5, 0.6) is 0 Å². The standard InChI is InChI=1S/C18H13ClN4O2/c19-12-6-7-15-13(8-12)17(11-4-2-1-3-5-11)20-9-16-22-21-14(18(24)25)10-23(15)16/h1-8H,9-10H2,(H,24,25). The lowest BCUT2D eigenvalue weighted by Gasteiger charge is -2.27. The number of rotatable bonds is 2. The summed E-state index contributed by atoms with van der Waals surface area (Å²) in [6.45, 7) is 0.452. The third-order valence-corrected chi connectivity index (χ3v) is 4.32. The van der Waals surface area contributed by atoms with Crippen molar-refractivity contribution in [3.63, 3.8) is 0 Å². The van der Waals surface area contributed by atoms with Crippen LogP contribution in [0.1, 0.15) is 11.1 Å². The average molecular weight is 353 g/mol. The van der Waals surface area contributed by atoms with Gasteiger partial charge in [-0.05, 0) is 18.2 Å². The quantitative estimate of drug-likeness (QED) is 0.902. The highest BCUT2D eigenvalue weighted by Gasteiger charge is 2.29. The Balaban J connectivity index is 1.88. The van der Waals surface area contributed by atoms with Crippen LogP contribution in [0.3, 0.4) is 0 Å². The molecule has 2 aromatic rings. The van der Waals surface area contributed by atoms with Gasteiger partial charge in [-0.1, -0.05) is 41.9 Å². The Morgan fingerprint density at radius 1 is 1.12 bits per heavy atom. The van der Waals surface area contributed by atoms with E-state index in [9.17, 15) is 9.90 Å². The number of fused-ring (bicyclic) bond motifs is 3. The van der Waals surface area contributed by atoms with Crippen LogP contribution in [0.15, 0.2) is 63.7 Å². The maximum atomic E-state index is 11.3. The van der Waals surface area contributed by atoms with Crippen molar-refractivity contribution in [2.45, 2.75) is 0 Å². The molecule has 0 spiro atoms. The molecule has 0 fully saturated rings. The third kappa shape index (κ3) is 2.81. The van der Waals surface area contributed by atoms with Gasteiger partial charge in [-0.25, -0.2) is 4.79 Å². The first-order chi connectivity index (χ1) is 12.1. The number of carboxylic acid groups (broad SMARTS) is 1. The number of carboxylic acids is 1. The molecule has 4 rings (SSSR count). The Labute approximate surface area is 148 Å². The maximum Gasteiger partial charge on any atom is 0.354 e. The Kier molecular flexibility index (Phi) is 3.82. The number of nitrogens with zero attached hydrogens (tertiary/aromatic N) is 4. The predicted octanol–water partition coefficient (Wildman–Crippen LogP) is 2.85. The van der Waals surface area contributed by atoms with Crippen molar-refractivity contribution in [2.24, 2.45) is 15.2 Å². The minimum Gasteiger partial charge on any atom is -0.477 e. The van der Waals surface area contributed by atoms with Gasteiger partial charge in [0.25, 0.3) is 0 Å². The third-order valence-electron chi connectivity index (χ3n) is 4.08. The molecule has 0 unspecified atom stereocenters. The van der Waals surface area contributed by atoms with E-state index in [0.29, 0.717) is 17.4 Å². The van der Waals surface area contributed by atoms with Crippen LogP contribution in [0.2, 0.25) is 5.02 Å². The molecule has 7 heteroatoms. The summed E-state index contributed by atoms with van der Waals surface area (Å²) in [6.07, 6.45) is 0. The molecular weight excluding hydrogens is 340 g/mol. The number of amidine groups is 1. The molecule has 0 radical (unpaired) electrons. The molecule has 124 valence electrons. The molecule has 0 saturated heterocycles. The van der Waals surface area contributed by atoms with E-state index in [4.69, 9.17) is 16.6 Å². The Morgan fingerprint density at radius 3 is 2.68 bits per heavy atom. The topological polar surface area (TPSA) is 77.6 Å². The highest BCUT2D eigenvalue weighted by atomic mass is 35.5. The van der Waals surface area contributed by atoms with Gasteiger partial charge in [-0.3, -0.25) is 4.99 Å². The van der Waals surface area contributed by atoms with Crippen molar-refractivity contribution >= 4 is 40.5 Å². The number of anilines is 1. The van der Waals surface area contributed by atoms with E-state index in [1.54, 1.807) is 6.07 Å². The average Bonchev–Trinajstić information content (AvgIpc) is 2.78. The Hall–Kier alpha value is -2.99. The molecule has 2 aliphatic rings. The van der Waals surface area contributed by atoms with E-state index in [1.165, 1.54) is 0 Å². The summed E-state index contributed by atoms with van der Waals surface area (Å²) >= 11 is 6.22. The van der Waals surface area contributed by atoms with Crippen molar-refractivity contribution in [2.75, 3.05) is 18.0 Å². The maximum absolute atomic E-state index is 11.3. The van der Waals surface area contributed by atoms with E-state index in [-0.39, 0.29) is 12.3 Å². The molecule has 0 atom stereocenters. The fourth-order valence-corrected chi connectivity index (χ4v) is 3.08. The van der Waals surface area contributed by atoms with Crippen LogP contribution >= 0.6 is 11.6 Å².